The van der Waals surface area contributed by atoms with Gasteiger partial charge in [0.2, 0.25) is 0 Å². The van der Waals surface area contributed by atoms with E-state index >= 15 is 0 Å². The van der Waals surface area contributed by atoms with Crippen molar-refractivity contribution in [1.82, 2.24) is 15.1 Å². The van der Waals surface area contributed by atoms with Gasteiger partial charge in [0.05, 0.1) is 17.6 Å². The third kappa shape index (κ3) is 5.08. The second-order valence-electron chi connectivity index (χ2n) is 7.72. The number of likely N-dealkylation sites (tertiary alicyclic amines) is 2. The van der Waals surface area contributed by atoms with Crippen LogP contribution in [0, 0.1) is 5.92 Å². The number of carbonyl (C=O) groups is 1. The number of ether oxygens (including phenoxy) is 1. The average molecular weight is 374 g/mol. The normalized spacial score (nSPS) is 32.8. The van der Waals surface area contributed by atoms with Gasteiger partial charge in [0.1, 0.15) is 0 Å². The molecule has 144 valence electrons. The zero-order valence-electron chi connectivity index (χ0n) is 15.2. The molecule has 3 aliphatic rings. The first-order valence-electron chi connectivity index (χ1n) is 9.47. The summed E-state index contributed by atoms with van der Waals surface area (Å²) in [6, 6.07) is 0.102. The fourth-order valence-corrected chi connectivity index (χ4v) is 6.12. The van der Waals surface area contributed by atoms with Crippen LogP contribution in [0.15, 0.2) is 0 Å². The molecule has 0 aromatic heterocycles. The predicted octanol–water partition coefficient (Wildman–Crippen LogP) is 0.706. The largest absolute Gasteiger partial charge is 0.380 e. The average Bonchev–Trinajstić information content (AvgIpc) is 3.22. The molecule has 0 radical (unpaired) electrons. The minimum absolute atomic E-state index is 0.0422. The number of amides is 2. The van der Waals surface area contributed by atoms with Crippen LogP contribution in [0.4, 0.5) is 4.79 Å². The fourth-order valence-electron chi connectivity index (χ4n) is 4.34. The van der Waals surface area contributed by atoms with Gasteiger partial charge in [-0.2, -0.15) is 0 Å². The van der Waals surface area contributed by atoms with E-state index < -0.39 is 9.84 Å². The maximum Gasteiger partial charge on any atom is 0.317 e. The van der Waals surface area contributed by atoms with Crippen molar-refractivity contribution in [2.24, 2.45) is 5.92 Å². The van der Waals surface area contributed by atoms with Crippen LogP contribution in [0.5, 0.6) is 0 Å². The molecule has 0 spiro atoms. The van der Waals surface area contributed by atoms with Gasteiger partial charge < -0.3 is 19.9 Å². The number of sulfone groups is 1. The van der Waals surface area contributed by atoms with Gasteiger partial charge in [-0.15, -0.1) is 0 Å². The Kier molecular flexibility index (Phi) is 6.22. The molecule has 2 amide bonds. The van der Waals surface area contributed by atoms with Crippen LogP contribution in [0.25, 0.3) is 0 Å². The van der Waals surface area contributed by atoms with E-state index in [4.69, 9.17) is 4.74 Å². The smallest absolute Gasteiger partial charge is 0.317 e. The second-order valence-corrected chi connectivity index (χ2v) is 9.94. The summed E-state index contributed by atoms with van der Waals surface area (Å²) in [7, 11) is -1.23. The summed E-state index contributed by atoms with van der Waals surface area (Å²) in [5.41, 5.74) is 0. The standard InChI is InChI=1S/C17H31N3O4S/c1-24-16-9-15(11-19-6-2-3-7-19)20(12-16)17(21)18-10-14-5-4-8-25(22,23)13-14/h14-16H,2-13H2,1H3,(H,18,21)/t14?,15-,16-/m0/s1. The highest BCUT2D eigenvalue weighted by Crippen LogP contribution is 2.23. The Balaban J connectivity index is 1.53. The molecule has 0 aromatic rings. The Hall–Kier alpha value is -0.860. The molecule has 0 aromatic carbocycles. The first kappa shape index (κ1) is 18.9. The summed E-state index contributed by atoms with van der Waals surface area (Å²) in [5, 5.41) is 2.98. The van der Waals surface area contributed by atoms with E-state index in [0.29, 0.717) is 19.5 Å². The summed E-state index contributed by atoms with van der Waals surface area (Å²) >= 11 is 0. The summed E-state index contributed by atoms with van der Waals surface area (Å²) in [5.74, 6) is 0.530. The van der Waals surface area contributed by atoms with Gasteiger partial charge in [-0.1, -0.05) is 0 Å². The third-order valence-electron chi connectivity index (χ3n) is 5.74. The zero-order valence-corrected chi connectivity index (χ0v) is 16.0. The monoisotopic (exact) mass is 373 g/mol. The first-order valence-corrected chi connectivity index (χ1v) is 11.3. The molecule has 8 heteroatoms. The van der Waals surface area contributed by atoms with Crippen molar-refractivity contribution in [1.29, 1.82) is 0 Å². The van der Waals surface area contributed by atoms with Gasteiger partial charge in [-0.3, -0.25) is 0 Å². The molecule has 3 heterocycles. The topological polar surface area (TPSA) is 79.0 Å². The number of nitrogens with one attached hydrogen (secondary N) is 1. The Morgan fingerprint density at radius 1 is 1.24 bits per heavy atom. The molecular formula is C17H31N3O4S. The Bertz CT molecular complexity index is 562. The maximum absolute atomic E-state index is 12.7. The van der Waals surface area contributed by atoms with Gasteiger partial charge in [-0.05, 0) is 51.1 Å². The highest BCUT2D eigenvalue weighted by atomic mass is 32.2. The molecule has 3 rings (SSSR count). The number of hydrogen-bond acceptors (Lipinski definition) is 5. The molecule has 1 unspecified atom stereocenters. The minimum atomic E-state index is -2.93. The van der Waals surface area contributed by atoms with E-state index in [0.717, 1.165) is 32.5 Å². The minimum Gasteiger partial charge on any atom is -0.380 e. The number of urea groups is 1. The van der Waals surface area contributed by atoms with Crippen molar-refractivity contribution in [3.05, 3.63) is 0 Å². The lowest BCUT2D eigenvalue weighted by molar-refractivity contribution is 0.110. The SMILES string of the molecule is CO[C@H]1C[C@@H](CN2CCCC2)N(C(=O)NCC2CCCS(=O)(=O)C2)C1. The summed E-state index contributed by atoms with van der Waals surface area (Å²) in [6.45, 7) is 4.20. The van der Waals surface area contributed by atoms with E-state index in [2.05, 4.69) is 10.2 Å². The van der Waals surface area contributed by atoms with Crippen molar-refractivity contribution < 1.29 is 17.9 Å². The van der Waals surface area contributed by atoms with Crippen molar-refractivity contribution in [2.45, 2.75) is 44.2 Å². The molecule has 0 saturated carbocycles. The lowest BCUT2D eigenvalue weighted by Crippen LogP contribution is -2.48. The van der Waals surface area contributed by atoms with Gasteiger partial charge in [-0.25, -0.2) is 13.2 Å². The quantitative estimate of drug-likeness (QED) is 0.768. The predicted molar refractivity (Wildman–Crippen MR) is 96.4 cm³/mol. The summed E-state index contributed by atoms with van der Waals surface area (Å²) in [4.78, 5) is 17.0. The molecule has 0 aliphatic carbocycles. The number of hydrogen-bond donors (Lipinski definition) is 1. The molecule has 7 nitrogen and oxygen atoms in total. The van der Waals surface area contributed by atoms with Gasteiger partial charge in [0.15, 0.2) is 9.84 Å². The maximum atomic E-state index is 12.7. The third-order valence-corrected chi connectivity index (χ3v) is 7.63. The number of nitrogens with zero attached hydrogens (tertiary/aromatic N) is 2. The van der Waals surface area contributed by atoms with Crippen LogP contribution < -0.4 is 5.32 Å². The van der Waals surface area contributed by atoms with Crippen molar-refractivity contribution in [3.63, 3.8) is 0 Å². The van der Waals surface area contributed by atoms with Crippen LogP contribution in [-0.2, 0) is 14.6 Å². The van der Waals surface area contributed by atoms with Crippen LogP contribution in [-0.4, -0.2) is 87.7 Å². The zero-order chi connectivity index (χ0) is 17.9. The van der Waals surface area contributed by atoms with Gasteiger partial charge >= 0.3 is 6.03 Å². The molecule has 3 atom stereocenters. The molecule has 3 fully saturated rings. The van der Waals surface area contributed by atoms with E-state index in [-0.39, 0.29) is 35.6 Å². The highest BCUT2D eigenvalue weighted by Gasteiger charge is 2.37. The summed E-state index contributed by atoms with van der Waals surface area (Å²) in [6.07, 6.45) is 5.02. The molecular weight excluding hydrogens is 342 g/mol. The van der Waals surface area contributed by atoms with Gasteiger partial charge in [0, 0.05) is 32.8 Å². The van der Waals surface area contributed by atoms with Gasteiger partial charge in [0.25, 0.3) is 0 Å². The Morgan fingerprint density at radius 3 is 2.68 bits per heavy atom. The molecule has 1 N–H and O–H groups in total. The number of rotatable bonds is 5. The van der Waals surface area contributed by atoms with Crippen molar-refractivity contribution >= 4 is 15.9 Å². The molecule has 3 aliphatic heterocycles. The summed E-state index contributed by atoms with van der Waals surface area (Å²) < 4.78 is 29.0. The van der Waals surface area contributed by atoms with Crippen LogP contribution in [0.3, 0.4) is 0 Å². The Morgan fingerprint density at radius 2 is 2.00 bits per heavy atom. The van der Waals surface area contributed by atoms with Crippen molar-refractivity contribution in [3.8, 4) is 0 Å². The number of carbonyl (C=O) groups excluding carboxylic acids is 1. The molecule has 25 heavy (non-hydrogen) atoms. The second kappa shape index (κ2) is 8.22. The molecule has 0 bridgehead atoms. The molecule has 3 saturated heterocycles. The van der Waals surface area contributed by atoms with E-state index in [1.54, 1.807) is 7.11 Å². The Labute approximate surface area is 151 Å². The van der Waals surface area contributed by atoms with Crippen LogP contribution in [0.1, 0.15) is 32.1 Å². The highest BCUT2D eigenvalue weighted by molar-refractivity contribution is 7.91. The van der Waals surface area contributed by atoms with Crippen LogP contribution >= 0.6 is 0 Å². The first-order chi connectivity index (χ1) is 12.0. The lowest BCUT2D eigenvalue weighted by atomic mass is 10.1. The van der Waals surface area contributed by atoms with E-state index in [1.807, 2.05) is 4.90 Å². The number of methoxy groups -OCH3 is 1. The lowest BCUT2D eigenvalue weighted by Gasteiger charge is -2.29. The fraction of sp³-hybridized carbons (Fsp3) is 0.941. The van der Waals surface area contributed by atoms with Crippen molar-refractivity contribution in [2.75, 3.05) is 51.3 Å². The van der Waals surface area contributed by atoms with E-state index in [9.17, 15) is 13.2 Å². The van der Waals surface area contributed by atoms with E-state index in [1.165, 1.54) is 12.8 Å². The van der Waals surface area contributed by atoms with Crippen LogP contribution in [0.2, 0.25) is 0 Å².